The predicted octanol–water partition coefficient (Wildman–Crippen LogP) is -0.906. The molecule has 0 aromatic carbocycles. The molecule has 0 rings (SSSR count). The minimum Gasteiger partial charge on any atom is -0.354 e. The van der Waals surface area contributed by atoms with E-state index in [0.29, 0.717) is 12.5 Å². The Bertz CT molecular complexity index is 192. The van der Waals surface area contributed by atoms with Crippen LogP contribution in [-0.4, -0.2) is 38.5 Å². The molecule has 0 aliphatic carbocycles. The number of hydrogen-bond donors (Lipinski definition) is 3. The molecule has 3 N–H and O–H groups in total. The second-order valence-electron chi connectivity index (χ2n) is 3.50. The first-order valence-electron chi connectivity index (χ1n) is 4.74. The molecule has 0 fully saturated rings. The molecule has 0 atom stereocenters. The van der Waals surface area contributed by atoms with Crippen LogP contribution in [0.15, 0.2) is 0 Å². The van der Waals surface area contributed by atoms with Gasteiger partial charge in [-0.15, -0.1) is 0 Å². The lowest BCUT2D eigenvalue weighted by Crippen LogP contribution is -2.40. The molecule has 0 saturated heterocycles. The van der Waals surface area contributed by atoms with Gasteiger partial charge >= 0.3 is 0 Å². The Morgan fingerprint density at radius 3 is 2.14 bits per heavy atom. The van der Waals surface area contributed by atoms with Crippen LogP contribution < -0.4 is 16.0 Å². The number of carbonyl (C=O) groups is 2. The summed E-state index contributed by atoms with van der Waals surface area (Å²) in [5, 5.41) is 7.90. The fourth-order valence-corrected chi connectivity index (χ4v) is 0.782. The molecule has 0 radical (unpaired) electrons. The number of hydrogen-bond acceptors (Lipinski definition) is 3. The lowest BCUT2D eigenvalue weighted by Gasteiger charge is -2.08. The van der Waals surface area contributed by atoms with E-state index in [4.69, 9.17) is 0 Å². The van der Waals surface area contributed by atoms with Crippen LogP contribution in [0.3, 0.4) is 0 Å². The monoisotopic (exact) mass is 201 g/mol. The molecule has 2 amide bonds. The van der Waals surface area contributed by atoms with E-state index < -0.39 is 0 Å². The molecule has 0 aromatic heterocycles. The summed E-state index contributed by atoms with van der Waals surface area (Å²) in [5.41, 5.74) is 0. The van der Waals surface area contributed by atoms with E-state index in [1.165, 1.54) is 0 Å². The van der Waals surface area contributed by atoms with Gasteiger partial charge in [-0.25, -0.2) is 0 Å². The van der Waals surface area contributed by atoms with E-state index in [2.05, 4.69) is 16.0 Å². The number of rotatable bonds is 6. The molecule has 0 heterocycles. The molecule has 0 spiro atoms. The van der Waals surface area contributed by atoms with Crippen LogP contribution in [-0.2, 0) is 9.59 Å². The quantitative estimate of drug-likeness (QED) is 0.521. The van der Waals surface area contributed by atoms with Gasteiger partial charge in [-0.1, -0.05) is 13.8 Å². The van der Waals surface area contributed by atoms with Gasteiger partial charge in [0.1, 0.15) is 0 Å². The Balaban J connectivity index is 3.48. The minimum atomic E-state index is -0.174. The van der Waals surface area contributed by atoms with Crippen molar-refractivity contribution in [1.82, 2.24) is 16.0 Å². The van der Waals surface area contributed by atoms with Crippen molar-refractivity contribution in [1.29, 1.82) is 0 Å². The summed E-state index contributed by atoms with van der Waals surface area (Å²) >= 11 is 0. The van der Waals surface area contributed by atoms with Gasteiger partial charge in [0, 0.05) is 6.54 Å². The number of carbonyl (C=O) groups excluding carboxylic acids is 2. The molecule has 0 saturated carbocycles. The molecule has 82 valence electrons. The fourth-order valence-electron chi connectivity index (χ4n) is 0.782. The standard InChI is InChI=1S/C9H19N3O2/c1-7(2)4-11-9(14)6-12-8(13)5-10-3/h7,10H,4-6H2,1-3H3,(H,11,14)(H,12,13). The van der Waals surface area contributed by atoms with Gasteiger partial charge < -0.3 is 16.0 Å². The van der Waals surface area contributed by atoms with Crippen LogP contribution in [0.2, 0.25) is 0 Å². The van der Waals surface area contributed by atoms with Gasteiger partial charge in [0.05, 0.1) is 13.1 Å². The first-order valence-corrected chi connectivity index (χ1v) is 4.74. The van der Waals surface area contributed by atoms with Crippen molar-refractivity contribution in [2.24, 2.45) is 5.92 Å². The Kier molecular flexibility index (Phi) is 6.74. The van der Waals surface area contributed by atoms with Crippen LogP contribution in [0.25, 0.3) is 0 Å². The van der Waals surface area contributed by atoms with Crippen LogP contribution >= 0.6 is 0 Å². The zero-order valence-electron chi connectivity index (χ0n) is 9.02. The first-order chi connectivity index (χ1) is 6.56. The van der Waals surface area contributed by atoms with E-state index in [-0.39, 0.29) is 24.9 Å². The summed E-state index contributed by atoms with van der Waals surface area (Å²) < 4.78 is 0. The van der Waals surface area contributed by atoms with Crippen molar-refractivity contribution in [3.05, 3.63) is 0 Å². The van der Waals surface area contributed by atoms with Crippen LogP contribution in [0.4, 0.5) is 0 Å². The maximum absolute atomic E-state index is 11.1. The van der Waals surface area contributed by atoms with Gasteiger partial charge in [-0.05, 0) is 13.0 Å². The number of amides is 2. The molecule has 14 heavy (non-hydrogen) atoms. The van der Waals surface area contributed by atoms with Gasteiger partial charge in [-0.3, -0.25) is 9.59 Å². The highest BCUT2D eigenvalue weighted by molar-refractivity contribution is 5.85. The van der Waals surface area contributed by atoms with Crippen LogP contribution in [0, 0.1) is 5.92 Å². The highest BCUT2D eigenvalue weighted by Gasteiger charge is 2.04. The van der Waals surface area contributed by atoms with E-state index >= 15 is 0 Å². The van der Waals surface area contributed by atoms with E-state index in [1.807, 2.05) is 13.8 Å². The summed E-state index contributed by atoms with van der Waals surface area (Å²) in [6.07, 6.45) is 0. The molecular formula is C9H19N3O2. The van der Waals surface area contributed by atoms with Gasteiger partial charge in [0.25, 0.3) is 0 Å². The minimum absolute atomic E-state index is 0.0488. The Morgan fingerprint density at radius 1 is 1.07 bits per heavy atom. The molecule has 0 aliphatic rings. The van der Waals surface area contributed by atoms with Gasteiger partial charge in [0.2, 0.25) is 11.8 Å². The Labute approximate surface area is 84.6 Å². The van der Waals surface area contributed by atoms with Crippen LogP contribution in [0.5, 0.6) is 0 Å². The topological polar surface area (TPSA) is 70.2 Å². The molecule has 5 heteroatoms. The van der Waals surface area contributed by atoms with Crippen molar-refractivity contribution in [3.63, 3.8) is 0 Å². The smallest absolute Gasteiger partial charge is 0.239 e. The maximum atomic E-state index is 11.1. The third-order valence-corrected chi connectivity index (χ3v) is 1.49. The summed E-state index contributed by atoms with van der Waals surface area (Å²) in [4.78, 5) is 22.0. The first kappa shape index (κ1) is 12.9. The molecule has 0 aliphatic heterocycles. The molecule has 5 nitrogen and oxygen atoms in total. The Hall–Kier alpha value is -1.10. The number of nitrogens with one attached hydrogen (secondary N) is 3. The van der Waals surface area contributed by atoms with Crippen molar-refractivity contribution >= 4 is 11.8 Å². The van der Waals surface area contributed by atoms with Crippen molar-refractivity contribution in [3.8, 4) is 0 Å². The largest absolute Gasteiger partial charge is 0.354 e. The normalized spacial score (nSPS) is 10.0. The number of likely N-dealkylation sites (N-methyl/N-ethyl adjacent to an activating group) is 1. The van der Waals surface area contributed by atoms with E-state index in [0.717, 1.165) is 0 Å². The van der Waals surface area contributed by atoms with Crippen molar-refractivity contribution in [2.45, 2.75) is 13.8 Å². The highest BCUT2D eigenvalue weighted by Crippen LogP contribution is 1.85. The zero-order valence-corrected chi connectivity index (χ0v) is 9.02. The van der Waals surface area contributed by atoms with Crippen LogP contribution in [0.1, 0.15) is 13.8 Å². The van der Waals surface area contributed by atoms with Gasteiger partial charge in [0.15, 0.2) is 0 Å². The third kappa shape index (κ3) is 7.54. The second kappa shape index (κ2) is 7.32. The van der Waals surface area contributed by atoms with Crippen molar-refractivity contribution < 1.29 is 9.59 Å². The van der Waals surface area contributed by atoms with Crippen molar-refractivity contribution in [2.75, 3.05) is 26.7 Å². The van der Waals surface area contributed by atoms with Gasteiger partial charge in [-0.2, -0.15) is 0 Å². The SMILES string of the molecule is CNCC(=O)NCC(=O)NCC(C)C. The average Bonchev–Trinajstić information content (AvgIpc) is 2.12. The molecule has 0 bridgehead atoms. The molecule has 0 aromatic rings. The maximum Gasteiger partial charge on any atom is 0.239 e. The lowest BCUT2D eigenvalue weighted by molar-refractivity contribution is -0.125. The summed E-state index contributed by atoms with van der Waals surface area (Å²) in [6, 6.07) is 0. The predicted molar refractivity (Wildman–Crippen MR) is 54.8 cm³/mol. The summed E-state index contributed by atoms with van der Waals surface area (Å²) in [7, 11) is 1.68. The zero-order chi connectivity index (χ0) is 11.0. The average molecular weight is 201 g/mol. The van der Waals surface area contributed by atoms with E-state index in [9.17, 15) is 9.59 Å². The lowest BCUT2D eigenvalue weighted by atomic mass is 10.2. The second-order valence-corrected chi connectivity index (χ2v) is 3.50. The fraction of sp³-hybridized carbons (Fsp3) is 0.778. The summed E-state index contributed by atoms with van der Waals surface area (Å²) in [5.74, 6) is 0.0994. The highest BCUT2D eigenvalue weighted by atomic mass is 16.2. The summed E-state index contributed by atoms with van der Waals surface area (Å²) in [6.45, 7) is 4.95. The third-order valence-electron chi connectivity index (χ3n) is 1.49. The Morgan fingerprint density at radius 2 is 1.64 bits per heavy atom. The molecular weight excluding hydrogens is 182 g/mol. The van der Waals surface area contributed by atoms with E-state index in [1.54, 1.807) is 7.05 Å². The molecule has 0 unspecified atom stereocenters.